The summed E-state index contributed by atoms with van der Waals surface area (Å²) in [6.45, 7) is 3.89. The molecule has 6 heteroatoms. The largest absolute Gasteiger partial charge is 0.356 e. The molecule has 2 rings (SSSR count). The lowest BCUT2D eigenvalue weighted by Crippen LogP contribution is -2.30. The zero-order chi connectivity index (χ0) is 16.1. The van der Waals surface area contributed by atoms with E-state index in [1.54, 1.807) is 0 Å². The summed E-state index contributed by atoms with van der Waals surface area (Å²) < 4.78 is 40.5. The Morgan fingerprint density at radius 2 is 2.05 bits per heavy atom. The summed E-state index contributed by atoms with van der Waals surface area (Å²) in [6, 6.07) is 1.75. The fourth-order valence-electron chi connectivity index (χ4n) is 2.73. The molecule has 0 unspecified atom stereocenters. The summed E-state index contributed by atoms with van der Waals surface area (Å²) in [7, 11) is 0. The summed E-state index contributed by atoms with van der Waals surface area (Å²) >= 11 is 0. The lowest BCUT2D eigenvalue weighted by atomic mass is 10.1. The lowest BCUT2D eigenvalue weighted by molar-refractivity contribution is -0.121. The number of amides is 1. The molecule has 1 atom stereocenters. The highest BCUT2D eigenvalue weighted by Crippen LogP contribution is 2.22. The van der Waals surface area contributed by atoms with Gasteiger partial charge in [0.05, 0.1) is 0 Å². The first-order valence-electron chi connectivity index (χ1n) is 7.62. The third kappa shape index (κ3) is 4.22. The molecule has 1 aliphatic heterocycles. The molecule has 1 fully saturated rings. The predicted molar refractivity (Wildman–Crippen MR) is 77.6 cm³/mol. The molecule has 0 saturated carbocycles. The number of nitrogens with one attached hydrogen (secondary N) is 1. The first-order chi connectivity index (χ1) is 10.5. The van der Waals surface area contributed by atoms with Gasteiger partial charge in [-0.2, -0.15) is 0 Å². The van der Waals surface area contributed by atoms with Gasteiger partial charge in [0.1, 0.15) is 5.82 Å². The summed E-state index contributed by atoms with van der Waals surface area (Å²) in [6.07, 6.45) is 2.17. The minimum atomic E-state index is -1.11. The topological polar surface area (TPSA) is 32.3 Å². The van der Waals surface area contributed by atoms with Gasteiger partial charge in [-0.25, -0.2) is 13.2 Å². The fourth-order valence-corrected chi connectivity index (χ4v) is 2.73. The SMILES string of the molecule is CCCC(=O)NC[C@H]1CCN(Cc2c(F)ccc(F)c2F)C1. The highest BCUT2D eigenvalue weighted by Gasteiger charge is 2.25. The lowest BCUT2D eigenvalue weighted by Gasteiger charge is -2.17. The molecule has 3 nitrogen and oxygen atoms in total. The Morgan fingerprint density at radius 3 is 2.77 bits per heavy atom. The Bertz CT molecular complexity index is 536. The minimum absolute atomic E-state index is 0.0307. The van der Waals surface area contributed by atoms with Gasteiger partial charge in [0.15, 0.2) is 11.6 Å². The standard InChI is InChI=1S/C16H21F3N2O/c1-2-3-15(22)20-8-11-6-7-21(9-11)10-12-13(17)4-5-14(18)16(12)19/h4-5,11H,2-3,6-10H2,1H3,(H,20,22)/t11-/m1/s1. The van der Waals surface area contributed by atoms with Crippen molar-refractivity contribution in [2.24, 2.45) is 5.92 Å². The van der Waals surface area contributed by atoms with Gasteiger partial charge in [-0.3, -0.25) is 9.69 Å². The van der Waals surface area contributed by atoms with Crippen LogP contribution in [0.3, 0.4) is 0 Å². The zero-order valence-corrected chi connectivity index (χ0v) is 12.7. The van der Waals surface area contributed by atoms with Crippen molar-refractivity contribution in [2.75, 3.05) is 19.6 Å². The van der Waals surface area contributed by atoms with Gasteiger partial charge in [0, 0.05) is 31.6 Å². The molecular formula is C16H21F3N2O. The minimum Gasteiger partial charge on any atom is -0.356 e. The van der Waals surface area contributed by atoms with Gasteiger partial charge in [-0.15, -0.1) is 0 Å². The number of nitrogens with zero attached hydrogens (tertiary/aromatic N) is 1. The van der Waals surface area contributed by atoms with Crippen LogP contribution in [0.4, 0.5) is 13.2 Å². The summed E-state index contributed by atoms with van der Waals surface area (Å²) in [5.41, 5.74) is -0.226. The number of carbonyl (C=O) groups is 1. The Labute approximate surface area is 128 Å². The maximum atomic E-state index is 13.7. The number of halogens is 3. The first-order valence-corrected chi connectivity index (χ1v) is 7.62. The Morgan fingerprint density at radius 1 is 1.32 bits per heavy atom. The predicted octanol–water partition coefficient (Wildman–Crippen LogP) is 2.84. The normalized spacial score (nSPS) is 18.6. The van der Waals surface area contributed by atoms with Crippen molar-refractivity contribution in [1.29, 1.82) is 0 Å². The molecule has 1 aromatic carbocycles. The third-order valence-electron chi connectivity index (χ3n) is 3.96. The Kier molecular flexibility index (Phi) is 5.83. The van der Waals surface area contributed by atoms with Gasteiger partial charge in [0.25, 0.3) is 0 Å². The average Bonchev–Trinajstić information content (AvgIpc) is 2.94. The first kappa shape index (κ1) is 16.8. The van der Waals surface area contributed by atoms with Crippen molar-refractivity contribution in [2.45, 2.75) is 32.7 Å². The van der Waals surface area contributed by atoms with Crippen molar-refractivity contribution in [3.8, 4) is 0 Å². The van der Waals surface area contributed by atoms with E-state index in [1.165, 1.54) is 0 Å². The summed E-state index contributed by atoms with van der Waals surface area (Å²) in [4.78, 5) is 13.3. The molecule has 1 aliphatic rings. The van der Waals surface area contributed by atoms with Crippen molar-refractivity contribution in [3.05, 3.63) is 35.1 Å². The number of likely N-dealkylation sites (tertiary alicyclic amines) is 1. The molecule has 0 radical (unpaired) electrons. The average molecular weight is 314 g/mol. The molecule has 1 heterocycles. The molecule has 1 amide bonds. The number of benzene rings is 1. The van der Waals surface area contributed by atoms with Crippen LogP contribution in [0.15, 0.2) is 12.1 Å². The quantitative estimate of drug-likeness (QED) is 0.819. The van der Waals surface area contributed by atoms with Gasteiger partial charge < -0.3 is 5.32 Å². The van der Waals surface area contributed by atoms with Crippen molar-refractivity contribution in [3.63, 3.8) is 0 Å². The summed E-state index contributed by atoms with van der Waals surface area (Å²) in [5, 5.41) is 2.87. The maximum Gasteiger partial charge on any atom is 0.219 e. The van der Waals surface area contributed by atoms with Crippen molar-refractivity contribution in [1.82, 2.24) is 10.2 Å². The van der Waals surface area contributed by atoms with Gasteiger partial charge in [-0.1, -0.05) is 6.92 Å². The van der Waals surface area contributed by atoms with Crippen LogP contribution in [-0.4, -0.2) is 30.4 Å². The van der Waals surface area contributed by atoms with E-state index < -0.39 is 17.5 Å². The van der Waals surface area contributed by atoms with E-state index in [0.29, 0.717) is 26.1 Å². The molecule has 0 bridgehead atoms. The number of carbonyl (C=O) groups excluding carboxylic acids is 1. The van der Waals surface area contributed by atoms with Crippen LogP contribution in [0.5, 0.6) is 0 Å². The van der Waals surface area contributed by atoms with Crippen LogP contribution in [-0.2, 0) is 11.3 Å². The molecule has 122 valence electrons. The van der Waals surface area contributed by atoms with Crippen LogP contribution < -0.4 is 5.32 Å². The second-order valence-electron chi connectivity index (χ2n) is 5.77. The highest BCUT2D eigenvalue weighted by atomic mass is 19.2. The smallest absolute Gasteiger partial charge is 0.219 e. The second-order valence-corrected chi connectivity index (χ2v) is 5.77. The molecule has 0 aliphatic carbocycles. The summed E-state index contributed by atoms with van der Waals surface area (Å²) in [5.74, 6) is -2.57. The molecule has 0 aromatic heterocycles. The molecule has 1 aromatic rings. The third-order valence-corrected chi connectivity index (χ3v) is 3.96. The van der Waals surface area contributed by atoms with Crippen LogP contribution in [0.25, 0.3) is 0 Å². The van der Waals surface area contributed by atoms with E-state index in [9.17, 15) is 18.0 Å². The molecule has 1 N–H and O–H groups in total. The van der Waals surface area contributed by atoms with Gasteiger partial charge in [0.2, 0.25) is 5.91 Å². The van der Waals surface area contributed by atoms with E-state index in [-0.39, 0.29) is 23.9 Å². The van der Waals surface area contributed by atoms with Crippen LogP contribution in [0, 0.1) is 23.4 Å². The molecule has 22 heavy (non-hydrogen) atoms. The van der Waals surface area contributed by atoms with E-state index in [0.717, 1.165) is 25.0 Å². The van der Waals surface area contributed by atoms with Crippen molar-refractivity contribution >= 4 is 5.91 Å². The van der Waals surface area contributed by atoms with Crippen LogP contribution >= 0.6 is 0 Å². The van der Waals surface area contributed by atoms with Gasteiger partial charge >= 0.3 is 0 Å². The Hall–Kier alpha value is -1.56. The maximum absolute atomic E-state index is 13.7. The highest BCUT2D eigenvalue weighted by molar-refractivity contribution is 5.75. The molecule has 1 saturated heterocycles. The molecular weight excluding hydrogens is 293 g/mol. The Balaban J connectivity index is 1.87. The van der Waals surface area contributed by atoms with Gasteiger partial charge in [-0.05, 0) is 37.4 Å². The zero-order valence-electron chi connectivity index (χ0n) is 12.7. The fraction of sp³-hybridized carbons (Fsp3) is 0.562. The van der Waals surface area contributed by atoms with E-state index >= 15 is 0 Å². The van der Waals surface area contributed by atoms with E-state index in [4.69, 9.17) is 0 Å². The van der Waals surface area contributed by atoms with Crippen molar-refractivity contribution < 1.29 is 18.0 Å². The number of hydrogen-bond donors (Lipinski definition) is 1. The number of hydrogen-bond acceptors (Lipinski definition) is 2. The number of rotatable bonds is 6. The van der Waals surface area contributed by atoms with Crippen LogP contribution in [0.2, 0.25) is 0 Å². The van der Waals surface area contributed by atoms with E-state index in [2.05, 4.69) is 5.32 Å². The second kappa shape index (κ2) is 7.63. The van der Waals surface area contributed by atoms with E-state index in [1.807, 2.05) is 11.8 Å². The monoisotopic (exact) mass is 314 g/mol. The van der Waals surface area contributed by atoms with Crippen LogP contribution in [0.1, 0.15) is 31.7 Å². The molecule has 0 spiro atoms.